The Morgan fingerprint density at radius 2 is 1.80 bits per heavy atom. The molecule has 160 valence electrons. The first kappa shape index (κ1) is 20.9. The molecular weight excluding hydrogens is 400 g/mol. The average molecular weight is 429 g/mol. The van der Waals surface area contributed by atoms with Crippen molar-refractivity contribution >= 4 is 15.9 Å². The minimum absolute atomic E-state index is 0.161. The molecule has 7 heteroatoms. The highest BCUT2D eigenvalue weighted by atomic mass is 32.2. The summed E-state index contributed by atoms with van der Waals surface area (Å²) in [4.78, 5) is 13.1. The molecule has 2 aromatic rings. The Hall–Kier alpha value is -2.38. The van der Waals surface area contributed by atoms with Gasteiger partial charge in [0.15, 0.2) is 0 Å². The minimum Gasteiger partial charge on any atom is -0.493 e. The number of carbonyl (C=O) groups excluding carboxylic acids is 1. The highest BCUT2D eigenvalue weighted by molar-refractivity contribution is 7.89. The van der Waals surface area contributed by atoms with Crippen molar-refractivity contribution in [3.8, 4) is 5.75 Å². The van der Waals surface area contributed by atoms with Crippen molar-refractivity contribution in [1.82, 2.24) is 9.62 Å². The third-order valence-electron chi connectivity index (χ3n) is 5.83. The van der Waals surface area contributed by atoms with Gasteiger partial charge in [-0.1, -0.05) is 38.1 Å². The van der Waals surface area contributed by atoms with Gasteiger partial charge < -0.3 is 10.1 Å². The molecule has 30 heavy (non-hydrogen) atoms. The summed E-state index contributed by atoms with van der Waals surface area (Å²) in [6.45, 7) is 5.72. The van der Waals surface area contributed by atoms with Crippen LogP contribution >= 0.6 is 0 Å². The molecule has 2 aromatic carbocycles. The first-order valence-corrected chi connectivity index (χ1v) is 11.9. The van der Waals surface area contributed by atoms with Crippen LogP contribution in [0, 0.1) is 11.8 Å². The number of hydrogen-bond donors (Lipinski definition) is 1. The van der Waals surface area contributed by atoms with Crippen LogP contribution in [0.3, 0.4) is 0 Å². The summed E-state index contributed by atoms with van der Waals surface area (Å²) in [6.07, 6.45) is 1.70. The van der Waals surface area contributed by atoms with E-state index in [9.17, 15) is 13.2 Å². The first-order valence-electron chi connectivity index (χ1n) is 10.5. The smallest absolute Gasteiger partial charge is 0.251 e. The van der Waals surface area contributed by atoms with E-state index in [-0.39, 0.29) is 16.8 Å². The molecule has 0 radical (unpaired) electrons. The highest BCUT2D eigenvalue weighted by Crippen LogP contribution is 2.32. The third kappa shape index (κ3) is 4.23. The molecule has 3 atom stereocenters. The number of benzene rings is 2. The third-order valence-corrected chi connectivity index (χ3v) is 7.66. The van der Waals surface area contributed by atoms with Crippen molar-refractivity contribution in [2.24, 2.45) is 11.8 Å². The van der Waals surface area contributed by atoms with Crippen molar-refractivity contribution in [3.63, 3.8) is 0 Å². The van der Waals surface area contributed by atoms with Crippen LogP contribution in [0.1, 0.15) is 48.7 Å². The largest absolute Gasteiger partial charge is 0.493 e. The molecule has 1 N–H and O–H groups in total. The lowest BCUT2D eigenvalue weighted by Crippen LogP contribution is -2.42. The van der Waals surface area contributed by atoms with Crippen LogP contribution in [-0.2, 0) is 10.0 Å². The number of sulfonamides is 1. The van der Waals surface area contributed by atoms with Gasteiger partial charge in [0.05, 0.1) is 17.5 Å². The van der Waals surface area contributed by atoms with Crippen LogP contribution in [0.5, 0.6) is 5.75 Å². The van der Waals surface area contributed by atoms with Gasteiger partial charge in [0.2, 0.25) is 10.0 Å². The number of ether oxygens (including phenoxy) is 1. The molecule has 0 aromatic heterocycles. The summed E-state index contributed by atoms with van der Waals surface area (Å²) in [6, 6.07) is 13.8. The summed E-state index contributed by atoms with van der Waals surface area (Å²) >= 11 is 0. The van der Waals surface area contributed by atoms with E-state index in [1.165, 1.54) is 6.07 Å². The number of rotatable bonds is 4. The zero-order valence-electron chi connectivity index (χ0n) is 17.4. The minimum atomic E-state index is -3.63. The van der Waals surface area contributed by atoms with Gasteiger partial charge in [0.25, 0.3) is 5.91 Å². The Kier molecular flexibility index (Phi) is 5.84. The van der Waals surface area contributed by atoms with Gasteiger partial charge in [-0.3, -0.25) is 4.79 Å². The molecule has 1 fully saturated rings. The van der Waals surface area contributed by atoms with Gasteiger partial charge in [-0.25, -0.2) is 8.42 Å². The average Bonchev–Trinajstić information content (AvgIpc) is 2.73. The van der Waals surface area contributed by atoms with E-state index in [0.29, 0.717) is 43.5 Å². The predicted octanol–water partition coefficient (Wildman–Crippen LogP) is 3.61. The summed E-state index contributed by atoms with van der Waals surface area (Å²) < 4.78 is 33.6. The van der Waals surface area contributed by atoms with Crippen molar-refractivity contribution in [1.29, 1.82) is 0 Å². The zero-order chi connectivity index (χ0) is 21.3. The van der Waals surface area contributed by atoms with Crippen LogP contribution in [0.4, 0.5) is 0 Å². The predicted molar refractivity (Wildman–Crippen MR) is 115 cm³/mol. The van der Waals surface area contributed by atoms with E-state index in [4.69, 9.17) is 4.74 Å². The molecule has 2 aliphatic rings. The van der Waals surface area contributed by atoms with Crippen LogP contribution < -0.4 is 10.1 Å². The molecule has 0 bridgehead atoms. The number of fused-ring (bicyclic) bond motifs is 1. The summed E-state index contributed by atoms with van der Waals surface area (Å²) in [7, 11) is -3.63. The lowest BCUT2D eigenvalue weighted by atomic mass is 9.94. The number of nitrogens with one attached hydrogen (secondary N) is 1. The lowest BCUT2D eigenvalue weighted by molar-refractivity contribution is 0.0924. The molecule has 4 rings (SSSR count). The maximum Gasteiger partial charge on any atom is 0.251 e. The second-order valence-corrected chi connectivity index (χ2v) is 10.4. The number of para-hydroxylation sites is 1. The highest BCUT2D eigenvalue weighted by Gasteiger charge is 2.32. The first-order chi connectivity index (χ1) is 14.3. The molecule has 0 aliphatic carbocycles. The molecule has 1 saturated heterocycles. The van der Waals surface area contributed by atoms with Gasteiger partial charge in [0.1, 0.15) is 5.75 Å². The molecule has 2 aliphatic heterocycles. The van der Waals surface area contributed by atoms with Gasteiger partial charge in [-0.2, -0.15) is 4.31 Å². The van der Waals surface area contributed by atoms with Gasteiger partial charge in [0, 0.05) is 30.6 Å². The summed E-state index contributed by atoms with van der Waals surface area (Å²) in [5.41, 5.74) is 1.29. The normalized spacial score (nSPS) is 24.5. The number of nitrogens with zero attached hydrogens (tertiary/aromatic N) is 1. The van der Waals surface area contributed by atoms with Gasteiger partial charge in [-0.15, -0.1) is 0 Å². The number of carbonyl (C=O) groups is 1. The Bertz CT molecular complexity index is 1030. The maximum absolute atomic E-state index is 13.2. The van der Waals surface area contributed by atoms with Crippen molar-refractivity contribution in [3.05, 3.63) is 59.7 Å². The molecule has 0 spiro atoms. The second-order valence-electron chi connectivity index (χ2n) is 8.50. The van der Waals surface area contributed by atoms with Crippen LogP contribution in [0.2, 0.25) is 0 Å². The fourth-order valence-corrected chi connectivity index (χ4v) is 6.21. The Morgan fingerprint density at radius 1 is 1.07 bits per heavy atom. The molecule has 3 unspecified atom stereocenters. The summed E-state index contributed by atoms with van der Waals surface area (Å²) in [5, 5.41) is 3.04. The molecule has 1 amide bonds. The number of piperidine rings is 1. The zero-order valence-corrected chi connectivity index (χ0v) is 18.2. The van der Waals surface area contributed by atoms with Crippen molar-refractivity contribution in [2.75, 3.05) is 19.7 Å². The Balaban J connectivity index is 1.54. The van der Waals surface area contributed by atoms with E-state index < -0.39 is 10.0 Å². The fraction of sp³-hybridized carbons (Fsp3) is 0.435. The Labute approximate surface area is 178 Å². The standard InChI is InChI=1S/C23H28N2O4S/c1-16-12-17(2)15-25(14-16)30(27,28)19-7-5-6-18(13-19)23(26)24-21-10-11-29-22-9-4-3-8-20(21)22/h3-9,13,16-17,21H,10-12,14-15H2,1-2H3,(H,24,26). The quantitative estimate of drug-likeness (QED) is 0.807. The maximum atomic E-state index is 13.2. The molecule has 0 saturated carbocycles. The van der Waals surface area contributed by atoms with E-state index in [2.05, 4.69) is 19.2 Å². The monoisotopic (exact) mass is 428 g/mol. The topological polar surface area (TPSA) is 75.7 Å². The SMILES string of the molecule is CC1CC(C)CN(S(=O)(=O)c2cccc(C(=O)NC3CCOc4ccccc43)c2)C1. The van der Waals surface area contributed by atoms with E-state index in [0.717, 1.165) is 17.7 Å². The lowest BCUT2D eigenvalue weighted by Gasteiger charge is -2.34. The Morgan fingerprint density at radius 3 is 2.57 bits per heavy atom. The summed E-state index contributed by atoms with van der Waals surface area (Å²) in [5.74, 6) is 1.14. The van der Waals surface area contributed by atoms with E-state index >= 15 is 0 Å². The van der Waals surface area contributed by atoms with Crippen LogP contribution in [0.15, 0.2) is 53.4 Å². The van der Waals surface area contributed by atoms with Crippen molar-refractivity contribution in [2.45, 2.75) is 37.6 Å². The van der Waals surface area contributed by atoms with E-state index in [1.807, 2.05) is 24.3 Å². The number of hydrogen-bond acceptors (Lipinski definition) is 4. The van der Waals surface area contributed by atoms with E-state index in [1.54, 1.807) is 22.5 Å². The molecule has 6 nitrogen and oxygen atoms in total. The molecular formula is C23H28N2O4S. The number of amides is 1. The fourth-order valence-electron chi connectivity index (χ4n) is 4.48. The van der Waals surface area contributed by atoms with Gasteiger partial charge >= 0.3 is 0 Å². The molecule has 2 heterocycles. The van der Waals surface area contributed by atoms with Crippen LogP contribution in [0.25, 0.3) is 0 Å². The van der Waals surface area contributed by atoms with Crippen LogP contribution in [-0.4, -0.2) is 38.3 Å². The van der Waals surface area contributed by atoms with Gasteiger partial charge in [-0.05, 0) is 42.5 Å². The second kappa shape index (κ2) is 8.40. The van der Waals surface area contributed by atoms with Crippen molar-refractivity contribution < 1.29 is 17.9 Å².